The van der Waals surface area contributed by atoms with Gasteiger partial charge in [0.25, 0.3) is 5.91 Å². The number of piperidine rings is 1. The summed E-state index contributed by atoms with van der Waals surface area (Å²) in [6.07, 6.45) is 7.45. The van der Waals surface area contributed by atoms with Gasteiger partial charge in [-0.15, -0.1) is 0 Å². The van der Waals surface area contributed by atoms with Crippen LogP contribution < -0.4 is 10.6 Å². The molecule has 1 aliphatic carbocycles. The maximum Gasteiger partial charge on any atom is 0.270 e. The lowest BCUT2D eigenvalue weighted by atomic mass is 9.68. The van der Waals surface area contributed by atoms with Crippen molar-refractivity contribution >= 4 is 11.8 Å². The number of hydrogen-bond acceptors (Lipinski definition) is 5. The third-order valence-electron chi connectivity index (χ3n) is 5.40. The number of aryl methyl sites for hydroxylation is 2. The minimum atomic E-state index is -0.282. The first-order valence-electron chi connectivity index (χ1n) is 8.92. The molecule has 1 saturated heterocycles. The van der Waals surface area contributed by atoms with E-state index in [1.807, 2.05) is 26.2 Å². The highest BCUT2D eigenvalue weighted by atomic mass is 16.2. The number of hydrogen-bond donors (Lipinski definition) is 2. The van der Waals surface area contributed by atoms with Gasteiger partial charge in [0.2, 0.25) is 5.91 Å². The average molecular weight is 354 g/mol. The Labute approximate surface area is 151 Å². The van der Waals surface area contributed by atoms with Gasteiger partial charge in [0.05, 0.1) is 11.6 Å². The summed E-state index contributed by atoms with van der Waals surface area (Å²) in [5.74, 6) is 0.275. The Kier molecular flexibility index (Phi) is 3.97. The smallest absolute Gasteiger partial charge is 0.270 e. The van der Waals surface area contributed by atoms with E-state index in [1.165, 1.54) is 0 Å². The fourth-order valence-electron chi connectivity index (χ4n) is 3.78. The van der Waals surface area contributed by atoms with E-state index in [0.29, 0.717) is 35.6 Å². The zero-order valence-corrected chi connectivity index (χ0v) is 15.0. The van der Waals surface area contributed by atoms with Crippen LogP contribution in [0.2, 0.25) is 0 Å². The van der Waals surface area contributed by atoms with E-state index < -0.39 is 0 Å². The Hall–Kier alpha value is -2.77. The van der Waals surface area contributed by atoms with Crippen molar-refractivity contribution in [3.8, 4) is 11.5 Å². The van der Waals surface area contributed by atoms with Crippen molar-refractivity contribution in [2.75, 3.05) is 0 Å². The number of aromatic nitrogens is 4. The van der Waals surface area contributed by atoms with Crippen LogP contribution in [-0.2, 0) is 11.8 Å². The second-order valence-corrected chi connectivity index (χ2v) is 7.22. The summed E-state index contributed by atoms with van der Waals surface area (Å²) in [6, 6.07) is 1.75. The fourth-order valence-corrected chi connectivity index (χ4v) is 3.78. The van der Waals surface area contributed by atoms with Crippen LogP contribution in [0.3, 0.4) is 0 Å². The lowest BCUT2D eigenvalue weighted by Gasteiger charge is -2.50. The molecule has 8 nitrogen and oxygen atoms in total. The van der Waals surface area contributed by atoms with Crippen molar-refractivity contribution in [2.24, 2.45) is 7.05 Å². The molecule has 1 saturated carbocycles. The molecule has 8 heteroatoms. The number of rotatable bonds is 3. The van der Waals surface area contributed by atoms with Gasteiger partial charge in [-0.05, 0) is 44.2 Å². The van der Waals surface area contributed by atoms with Crippen molar-refractivity contribution < 1.29 is 9.59 Å². The Balaban J connectivity index is 1.57. The largest absolute Gasteiger partial charge is 0.349 e. The molecule has 3 heterocycles. The summed E-state index contributed by atoms with van der Waals surface area (Å²) in [5, 5.41) is 10.5. The highest BCUT2D eigenvalue weighted by Gasteiger charge is 2.48. The predicted molar refractivity (Wildman–Crippen MR) is 94.2 cm³/mol. The van der Waals surface area contributed by atoms with Gasteiger partial charge < -0.3 is 10.6 Å². The molecule has 1 aliphatic heterocycles. The van der Waals surface area contributed by atoms with Crippen LogP contribution in [0.15, 0.2) is 18.5 Å². The lowest BCUT2D eigenvalue weighted by molar-refractivity contribution is -0.127. The van der Waals surface area contributed by atoms with Gasteiger partial charge in [-0.1, -0.05) is 0 Å². The molecule has 2 fully saturated rings. The van der Waals surface area contributed by atoms with Crippen LogP contribution in [0, 0.1) is 6.92 Å². The van der Waals surface area contributed by atoms with E-state index in [4.69, 9.17) is 0 Å². The molecule has 2 N–H and O–H groups in total. The number of carbonyl (C=O) groups excluding carboxylic acids is 2. The molecule has 0 aromatic carbocycles. The van der Waals surface area contributed by atoms with Gasteiger partial charge in [0.15, 0.2) is 5.82 Å². The summed E-state index contributed by atoms with van der Waals surface area (Å²) in [4.78, 5) is 33.4. The monoisotopic (exact) mass is 354 g/mol. The first-order valence-corrected chi connectivity index (χ1v) is 8.92. The zero-order chi connectivity index (χ0) is 18.3. The molecule has 0 bridgehead atoms. The fraction of sp³-hybridized carbons (Fsp3) is 0.500. The Morgan fingerprint density at radius 2 is 2.23 bits per heavy atom. The van der Waals surface area contributed by atoms with E-state index >= 15 is 0 Å². The second kappa shape index (κ2) is 6.19. The topological polar surface area (TPSA) is 102 Å². The van der Waals surface area contributed by atoms with Crippen LogP contribution in [0.25, 0.3) is 11.5 Å². The molecule has 0 radical (unpaired) electrons. The van der Waals surface area contributed by atoms with Crippen molar-refractivity contribution in [2.45, 2.75) is 50.6 Å². The van der Waals surface area contributed by atoms with Crippen LogP contribution in [-0.4, -0.2) is 43.1 Å². The van der Waals surface area contributed by atoms with Gasteiger partial charge >= 0.3 is 0 Å². The maximum absolute atomic E-state index is 12.9. The Morgan fingerprint density at radius 1 is 1.42 bits per heavy atom. The van der Waals surface area contributed by atoms with Crippen molar-refractivity contribution in [3.05, 3.63) is 29.7 Å². The Bertz CT molecular complexity index is 870. The Morgan fingerprint density at radius 3 is 2.88 bits per heavy atom. The molecule has 26 heavy (non-hydrogen) atoms. The van der Waals surface area contributed by atoms with E-state index in [0.717, 1.165) is 19.3 Å². The molecule has 2 aromatic heterocycles. The third kappa shape index (κ3) is 2.85. The summed E-state index contributed by atoms with van der Waals surface area (Å²) in [7, 11) is 1.82. The van der Waals surface area contributed by atoms with Gasteiger partial charge in [0.1, 0.15) is 11.4 Å². The zero-order valence-electron chi connectivity index (χ0n) is 15.0. The van der Waals surface area contributed by atoms with Crippen LogP contribution in [0.5, 0.6) is 0 Å². The van der Waals surface area contributed by atoms with Gasteiger partial charge in [0, 0.05) is 25.9 Å². The summed E-state index contributed by atoms with van der Waals surface area (Å²) < 4.78 is 1.67. The first kappa shape index (κ1) is 16.7. The van der Waals surface area contributed by atoms with Crippen LogP contribution in [0.4, 0.5) is 0 Å². The molecule has 1 spiro atoms. The van der Waals surface area contributed by atoms with Crippen molar-refractivity contribution in [3.63, 3.8) is 0 Å². The second-order valence-electron chi connectivity index (χ2n) is 7.22. The molecule has 136 valence electrons. The van der Waals surface area contributed by atoms with E-state index in [9.17, 15) is 9.59 Å². The lowest BCUT2D eigenvalue weighted by Crippen LogP contribution is -2.68. The molecular formula is C18H22N6O2. The number of nitrogens with zero attached hydrogens (tertiary/aromatic N) is 4. The minimum absolute atomic E-state index is 0.0610. The quantitative estimate of drug-likeness (QED) is 0.860. The highest BCUT2D eigenvalue weighted by Crippen LogP contribution is 2.39. The summed E-state index contributed by atoms with van der Waals surface area (Å²) in [6.45, 7) is 1.82. The summed E-state index contributed by atoms with van der Waals surface area (Å²) in [5.41, 5.74) is 1.41. The standard InChI is InChI=1S/C18H22N6O2/c1-11-10-19-16(12-6-9-24(2)23-12)21-15(11)17(26)20-13-4-5-14(25)22-18(13)7-3-8-18/h6,9-10,13H,3-5,7-8H2,1-2H3,(H,20,26)(H,22,25). The molecule has 2 aromatic rings. The summed E-state index contributed by atoms with van der Waals surface area (Å²) >= 11 is 0. The average Bonchev–Trinajstić information content (AvgIpc) is 3.01. The van der Waals surface area contributed by atoms with Crippen LogP contribution in [0.1, 0.15) is 48.2 Å². The molecule has 2 amide bonds. The van der Waals surface area contributed by atoms with Gasteiger partial charge in [-0.3, -0.25) is 14.3 Å². The van der Waals surface area contributed by atoms with E-state index in [1.54, 1.807) is 10.9 Å². The van der Waals surface area contributed by atoms with E-state index in [2.05, 4.69) is 25.7 Å². The molecule has 2 aliphatic rings. The molecule has 4 rings (SSSR count). The predicted octanol–water partition coefficient (Wildman–Crippen LogP) is 1.12. The molecular weight excluding hydrogens is 332 g/mol. The van der Waals surface area contributed by atoms with E-state index in [-0.39, 0.29) is 23.4 Å². The van der Waals surface area contributed by atoms with Crippen LogP contribution >= 0.6 is 0 Å². The SMILES string of the molecule is Cc1cnc(-c2ccn(C)n2)nc1C(=O)NC1CCC(=O)NC12CCC2. The molecule has 1 unspecified atom stereocenters. The highest BCUT2D eigenvalue weighted by molar-refractivity contribution is 5.94. The normalized spacial score (nSPS) is 21.2. The molecule has 1 atom stereocenters. The number of amides is 2. The first-order chi connectivity index (χ1) is 12.5. The van der Waals surface area contributed by atoms with Gasteiger partial charge in [-0.25, -0.2) is 9.97 Å². The maximum atomic E-state index is 12.9. The van der Waals surface area contributed by atoms with Crippen molar-refractivity contribution in [1.29, 1.82) is 0 Å². The van der Waals surface area contributed by atoms with Gasteiger partial charge in [-0.2, -0.15) is 5.10 Å². The minimum Gasteiger partial charge on any atom is -0.349 e. The number of carbonyl (C=O) groups is 2. The van der Waals surface area contributed by atoms with Crippen molar-refractivity contribution in [1.82, 2.24) is 30.4 Å². The third-order valence-corrected chi connectivity index (χ3v) is 5.40. The number of nitrogens with one attached hydrogen (secondary N) is 2.